The fraction of sp³-hybridized carbons (Fsp3) is 0.857. The first-order valence-electron chi connectivity index (χ1n) is 7.17. The number of fused-ring (bicyclic) bond motifs is 1. The zero-order valence-corrected chi connectivity index (χ0v) is 11.9. The molecule has 1 aliphatic carbocycles. The van der Waals surface area contributed by atoms with Crippen LogP contribution in [-0.4, -0.2) is 39.6 Å². The molecule has 4 unspecified atom stereocenters. The standard InChI is InChI=1S/C14H22O6/c1-3-5-13-6-4-9(2)8-14(13,18)19-11(16)7-10(15)12(17)20-13/h9-10,15,18H,3-8H2,1-2H3. The molecule has 2 fully saturated rings. The predicted octanol–water partition coefficient (Wildman–Crippen LogP) is 0.885. The molecule has 1 saturated heterocycles. The third kappa shape index (κ3) is 2.54. The van der Waals surface area contributed by atoms with Gasteiger partial charge in [0.2, 0.25) is 0 Å². The Kier molecular flexibility index (Phi) is 4.07. The number of aliphatic hydroxyl groups is 2. The second-order valence-corrected chi connectivity index (χ2v) is 5.99. The lowest BCUT2D eigenvalue weighted by Crippen LogP contribution is -2.64. The van der Waals surface area contributed by atoms with Crippen LogP contribution in [0, 0.1) is 5.92 Å². The molecular formula is C14H22O6. The van der Waals surface area contributed by atoms with Crippen LogP contribution >= 0.6 is 0 Å². The fourth-order valence-corrected chi connectivity index (χ4v) is 3.21. The van der Waals surface area contributed by atoms with Gasteiger partial charge in [-0.15, -0.1) is 0 Å². The maximum absolute atomic E-state index is 11.9. The average Bonchev–Trinajstić information content (AvgIpc) is 2.33. The molecule has 0 spiro atoms. The van der Waals surface area contributed by atoms with Crippen LogP contribution in [0.4, 0.5) is 0 Å². The van der Waals surface area contributed by atoms with Crippen LogP contribution in [0.1, 0.15) is 52.4 Å². The third-order valence-corrected chi connectivity index (χ3v) is 4.24. The molecule has 6 nitrogen and oxygen atoms in total. The minimum Gasteiger partial charge on any atom is -0.450 e. The monoisotopic (exact) mass is 286 g/mol. The Labute approximate surface area is 118 Å². The molecule has 2 rings (SSSR count). The lowest BCUT2D eigenvalue weighted by molar-refractivity contribution is -0.318. The van der Waals surface area contributed by atoms with E-state index in [1.165, 1.54) is 0 Å². The highest BCUT2D eigenvalue weighted by molar-refractivity contribution is 5.82. The van der Waals surface area contributed by atoms with Gasteiger partial charge in [0.05, 0.1) is 6.42 Å². The first-order chi connectivity index (χ1) is 9.32. The zero-order valence-electron chi connectivity index (χ0n) is 11.9. The van der Waals surface area contributed by atoms with Gasteiger partial charge < -0.3 is 19.7 Å². The molecule has 0 aromatic rings. The van der Waals surface area contributed by atoms with Crippen LogP contribution < -0.4 is 0 Å². The molecule has 0 aromatic heterocycles. The molecule has 2 aliphatic rings. The van der Waals surface area contributed by atoms with E-state index in [0.717, 1.165) is 6.42 Å². The summed E-state index contributed by atoms with van der Waals surface area (Å²) in [5.41, 5.74) is -1.25. The van der Waals surface area contributed by atoms with Crippen molar-refractivity contribution in [3.05, 3.63) is 0 Å². The molecule has 20 heavy (non-hydrogen) atoms. The number of hydrogen-bond acceptors (Lipinski definition) is 6. The lowest BCUT2D eigenvalue weighted by Gasteiger charge is -2.50. The molecule has 114 valence electrons. The van der Waals surface area contributed by atoms with Crippen LogP contribution in [0.5, 0.6) is 0 Å². The highest BCUT2D eigenvalue weighted by Gasteiger charge is 2.60. The lowest BCUT2D eigenvalue weighted by atomic mass is 9.72. The summed E-state index contributed by atoms with van der Waals surface area (Å²) in [5, 5.41) is 20.4. The van der Waals surface area contributed by atoms with Crippen molar-refractivity contribution in [2.24, 2.45) is 5.92 Å². The summed E-state index contributed by atoms with van der Waals surface area (Å²) in [6.07, 6.45) is 0.465. The highest BCUT2D eigenvalue weighted by atomic mass is 16.7. The number of aliphatic hydroxyl groups excluding tert-OH is 1. The van der Waals surface area contributed by atoms with Crippen LogP contribution in [0.15, 0.2) is 0 Å². The molecule has 4 atom stereocenters. The first kappa shape index (κ1) is 15.3. The van der Waals surface area contributed by atoms with Crippen molar-refractivity contribution in [3.63, 3.8) is 0 Å². The van der Waals surface area contributed by atoms with Crippen molar-refractivity contribution in [2.45, 2.75) is 69.9 Å². The minimum atomic E-state index is -1.80. The Morgan fingerprint density at radius 1 is 1.35 bits per heavy atom. The molecule has 1 saturated carbocycles. The van der Waals surface area contributed by atoms with Gasteiger partial charge in [-0.25, -0.2) is 4.79 Å². The second-order valence-electron chi connectivity index (χ2n) is 5.99. The Balaban J connectivity index is 2.40. The van der Waals surface area contributed by atoms with Gasteiger partial charge >= 0.3 is 11.9 Å². The first-order valence-corrected chi connectivity index (χ1v) is 7.17. The van der Waals surface area contributed by atoms with Gasteiger partial charge in [0.25, 0.3) is 5.79 Å². The summed E-state index contributed by atoms with van der Waals surface area (Å²) in [4.78, 5) is 23.6. The van der Waals surface area contributed by atoms with Gasteiger partial charge in [-0.3, -0.25) is 4.79 Å². The maximum Gasteiger partial charge on any atom is 0.336 e. The van der Waals surface area contributed by atoms with E-state index in [0.29, 0.717) is 19.3 Å². The van der Waals surface area contributed by atoms with E-state index in [-0.39, 0.29) is 12.3 Å². The summed E-state index contributed by atoms with van der Waals surface area (Å²) < 4.78 is 10.6. The van der Waals surface area contributed by atoms with E-state index in [1.807, 2.05) is 13.8 Å². The van der Waals surface area contributed by atoms with Crippen molar-refractivity contribution in [2.75, 3.05) is 0 Å². The second kappa shape index (κ2) is 5.33. The van der Waals surface area contributed by atoms with Gasteiger partial charge in [0.15, 0.2) is 11.7 Å². The highest BCUT2D eigenvalue weighted by Crippen LogP contribution is 2.47. The molecule has 0 amide bonds. The maximum atomic E-state index is 11.9. The van der Waals surface area contributed by atoms with Crippen LogP contribution in [0.2, 0.25) is 0 Å². The fourth-order valence-electron chi connectivity index (χ4n) is 3.21. The summed E-state index contributed by atoms with van der Waals surface area (Å²) in [7, 11) is 0. The Bertz CT molecular complexity index is 408. The van der Waals surface area contributed by atoms with Crippen molar-refractivity contribution < 1.29 is 29.3 Å². The zero-order chi connectivity index (χ0) is 15.0. The Hall–Kier alpha value is -1.14. The molecule has 0 bridgehead atoms. The smallest absolute Gasteiger partial charge is 0.336 e. The van der Waals surface area contributed by atoms with Crippen molar-refractivity contribution in [3.8, 4) is 0 Å². The Morgan fingerprint density at radius 3 is 2.70 bits per heavy atom. The number of carbonyl (C=O) groups excluding carboxylic acids is 2. The van der Waals surface area contributed by atoms with E-state index in [9.17, 15) is 19.8 Å². The van der Waals surface area contributed by atoms with Crippen molar-refractivity contribution in [1.29, 1.82) is 0 Å². The summed E-state index contributed by atoms with van der Waals surface area (Å²) in [6, 6.07) is 0. The third-order valence-electron chi connectivity index (χ3n) is 4.24. The minimum absolute atomic E-state index is 0.167. The predicted molar refractivity (Wildman–Crippen MR) is 68.4 cm³/mol. The van der Waals surface area contributed by atoms with Crippen molar-refractivity contribution in [1.82, 2.24) is 0 Å². The summed E-state index contributed by atoms with van der Waals surface area (Å²) in [6.45, 7) is 3.86. The van der Waals surface area contributed by atoms with E-state index < -0.39 is 35.9 Å². The molecule has 0 radical (unpaired) electrons. The van der Waals surface area contributed by atoms with Gasteiger partial charge in [-0.05, 0) is 25.2 Å². The largest absolute Gasteiger partial charge is 0.450 e. The van der Waals surface area contributed by atoms with Gasteiger partial charge in [0.1, 0.15) is 0 Å². The van der Waals surface area contributed by atoms with E-state index in [2.05, 4.69) is 0 Å². The number of hydrogen-bond donors (Lipinski definition) is 2. The average molecular weight is 286 g/mol. The summed E-state index contributed by atoms with van der Waals surface area (Å²) >= 11 is 0. The molecule has 1 heterocycles. The van der Waals surface area contributed by atoms with Crippen LogP contribution in [0.3, 0.4) is 0 Å². The SMILES string of the molecule is CCCC12CCC(C)CC1(O)OC(=O)CC(O)C(=O)O2. The van der Waals surface area contributed by atoms with Gasteiger partial charge in [-0.2, -0.15) is 0 Å². The van der Waals surface area contributed by atoms with Crippen LogP contribution in [0.25, 0.3) is 0 Å². The van der Waals surface area contributed by atoms with Gasteiger partial charge in [-0.1, -0.05) is 20.3 Å². The number of esters is 2. The van der Waals surface area contributed by atoms with Crippen molar-refractivity contribution >= 4 is 11.9 Å². The van der Waals surface area contributed by atoms with Gasteiger partial charge in [0, 0.05) is 6.42 Å². The normalized spacial score (nSPS) is 42.0. The topological polar surface area (TPSA) is 93.1 Å². The van der Waals surface area contributed by atoms with E-state index in [4.69, 9.17) is 9.47 Å². The molecular weight excluding hydrogens is 264 g/mol. The molecule has 6 heteroatoms. The summed E-state index contributed by atoms with van der Waals surface area (Å²) in [5.74, 6) is -3.26. The number of ether oxygens (including phenoxy) is 2. The number of carbonyl (C=O) groups is 2. The molecule has 1 aliphatic heterocycles. The van der Waals surface area contributed by atoms with E-state index >= 15 is 0 Å². The van der Waals surface area contributed by atoms with E-state index in [1.54, 1.807) is 0 Å². The van der Waals surface area contributed by atoms with Crippen LogP contribution in [-0.2, 0) is 19.1 Å². The quantitative estimate of drug-likeness (QED) is 0.732. The Morgan fingerprint density at radius 2 is 2.05 bits per heavy atom. The molecule has 2 N–H and O–H groups in total. The molecule has 0 aromatic carbocycles. The number of rotatable bonds is 2.